The van der Waals surface area contributed by atoms with Crippen LogP contribution in [0.2, 0.25) is 0 Å². The number of ether oxygens (including phenoxy) is 1. The maximum absolute atomic E-state index is 12.3. The molecule has 1 aliphatic rings. The Morgan fingerprint density at radius 3 is 2.80 bits per heavy atom. The van der Waals surface area contributed by atoms with Crippen LogP contribution in [0, 0.1) is 5.92 Å². The second-order valence-corrected chi connectivity index (χ2v) is 4.89. The number of carboxylic acids is 1. The normalized spacial score (nSPS) is 18.1. The van der Waals surface area contributed by atoms with E-state index in [1.165, 1.54) is 19.2 Å². The number of phenolic OH excluding ortho intramolecular Hbond substituents is 1. The number of carboxylic acid groups (broad SMARTS) is 1. The number of rotatable bonds is 4. The molecule has 1 aromatic carbocycles. The van der Waals surface area contributed by atoms with Gasteiger partial charge in [-0.05, 0) is 30.5 Å². The minimum Gasteiger partial charge on any atom is -0.504 e. The van der Waals surface area contributed by atoms with Gasteiger partial charge in [0.2, 0.25) is 0 Å². The fourth-order valence-corrected chi connectivity index (χ4v) is 2.44. The summed E-state index contributed by atoms with van der Waals surface area (Å²) in [6.45, 7) is 0.988. The van der Waals surface area contributed by atoms with E-state index in [1.54, 1.807) is 11.0 Å². The number of benzene rings is 1. The smallest absolute Gasteiger partial charge is 0.303 e. The fourth-order valence-electron chi connectivity index (χ4n) is 2.44. The van der Waals surface area contributed by atoms with Gasteiger partial charge in [0.1, 0.15) is 0 Å². The van der Waals surface area contributed by atoms with Crippen molar-refractivity contribution in [1.29, 1.82) is 0 Å². The summed E-state index contributed by atoms with van der Waals surface area (Å²) >= 11 is 0. The molecule has 1 unspecified atom stereocenters. The molecule has 1 atom stereocenters. The van der Waals surface area contributed by atoms with Crippen molar-refractivity contribution in [1.82, 2.24) is 4.90 Å². The lowest BCUT2D eigenvalue weighted by molar-refractivity contribution is -0.138. The van der Waals surface area contributed by atoms with Crippen molar-refractivity contribution in [3.63, 3.8) is 0 Å². The quantitative estimate of drug-likeness (QED) is 0.868. The van der Waals surface area contributed by atoms with Gasteiger partial charge in [0.05, 0.1) is 7.11 Å². The van der Waals surface area contributed by atoms with Crippen molar-refractivity contribution in [3.8, 4) is 11.5 Å². The zero-order chi connectivity index (χ0) is 14.7. The molecule has 0 radical (unpaired) electrons. The third-order valence-electron chi connectivity index (χ3n) is 3.46. The number of carbonyl (C=O) groups is 2. The number of phenols is 1. The summed E-state index contributed by atoms with van der Waals surface area (Å²) in [5.74, 6) is -0.808. The van der Waals surface area contributed by atoms with E-state index in [0.717, 1.165) is 0 Å². The van der Waals surface area contributed by atoms with Gasteiger partial charge in [-0.15, -0.1) is 0 Å². The van der Waals surface area contributed by atoms with Gasteiger partial charge in [-0.2, -0.15) is 0 Å². The summed E-state index contributed by atoms with van der Waals surface area (Å²) in [6, 6.07) is 4.49. The average Bonchev–Trinajstić information content (AvgIpc) is 2.85. The van der Waals surface area contributed by atoms with Crippen molar-refractivity contribution >= 4 is 11.9 Å². The van der Waals surface area contributed by atoms with Crippen LogP contribution in [0.4, 0.5) is 0 Å². The van der Waals surface area contributed by atoms with Crippen LogP contribution in [0.1, 0.15) is 23.2 Å². The molecular weight excluding hydrogens is 262 g/mol. The molecule has 2 N–H and O–H groups in total. The van der Waals surface area contributed by atoms with Gasteiger partial charge in [0.25, 0.3) is 5.91 Å². The Balaban J connectivity index is 2.05. The first-order valence-corrected chi connectivity index (χ1v) is 6.39. The van der Waals surface area contributed by atoms with Gasteiger partial charge in [-0.25, -0.2) is 0 Å². The highest BCUT2D eigenvalue weighted by molar-refractivity contribution is 5.95. The van der Waals surface area contributed by atoms with Gasteiger partial charge in [-0.3, -0.25) is 9.59 Å². The number of methoxy groups -OCH3 is 1. The molecule has 0 bridgehead atoms. The molecule has 6 heteroatoms. The first-order chi connectivity index (χ1) is 9.51. The second kappa shape index (κ2) is 5.81. The summed E-state index contributed by atoms with van der Waals surface area (Å²) in [7, 11) is 1.44. The number of likely N-dealkylation sites (tertiary alicyclic amines) is 1. The van der Waals surface area contributed by atoms with Gasteiger partial charge in [0.15, 0.2) is 11.5 Å². The average molecular weight is 279 g/mol. The van der Waals surface area contributed by atoms with Crippen molar-refractivity contribution in [3.05, 3.63) is 23.8 Å². The molecule has 2 rings (SSSR count). The number of carbonyl (C=O) groups excluding carboxylic acids is 1. The molecule has 0 saturated carbocycles. The highest BCUT2D eigenvalue weighted by Gasteiger charge is 2.28. The largest absolute Gasteiger partial charge is 0.504 e. The molecule has 1 amide bonds. The van der Waals surface area contributed by atoms with Gasteiger partial charge >= 0.3 is 5.97 Å². The van der Waals surface area contributed by atoms with E-state index in [0.29, 0.717) is 30.8 Å². The molecule has 1 heterocycles. The monoisotopic (exact) mass is 279 g/mol. The Bertz CT molecular complexity index is 528. The van der Waals surface area contributed by atoms with Crippen LogP contribution in [-0.2, 0) is 4.79 Å². The minimum atomic E-state index is -0.841. The maximum atomic E-state index is 12.3. The van der Waals surface area contributed by atoms with E-state index < -0.39 is 5.97 Å². The standard InChI is InChI=1S/C14H17NO5/c1-20-12-3-2-10(7-11(12)16)14(19)15-5-4-9(8-15)6-13(17)18/h2-3,7,9,16H,4-6,8H2,1H3,(H,17,18). The minimum absolute atomic E-state index is 0.00305. The number of aliphatic carboxylic acids is 1. The van der Waals surface area contributed by atoms with E-state index in [1.807, 2.05) is 0 Å². The van der Waals surface area contributed by atoms with Gasteiger partial charge in [0, 0.05) is 25.1 Å². The molecule has 1 aliphatic heterocycles. The molecule has 0 aliphatic carbocycles. The Morgan fingerprint density at radius 2 is 2.20 bits per heavy atom. The highest BCUT2D eigenvalue weighted by Crippen LogP contribution is 2.28. The highest BCUT2D eigenvalue weighted by atomic mass is 16.5. The number of aromatic hydroxyl groups is 1. The topological polar surface area (TPSA) is 87.1 Å². The Morgan fingerprint density at radius 1 is 1.45 bits per heavy atom. The van der Waals surface area contributed by atoms with Crippen molar-refractivity contribution in [2.45, 2.75) is 12.8 Å². The van der Waals surface area contributed by atoms with Crippen LogP contribution in [0.5, 0.6) is 11.5 Å². The summed E-state index contributed by atoms with van der Waals surface area (Å²) < 4.78 is 4.93. The van der Waals surface area contributed by atoms with Crippen LogP contribution in [0.15, 0.2) is 18.2 Å². The van der Waals surface area contributed by atoms with Crippen LogP contribution in [-0.4, -0.2) is 47.2 Å². The van der Waals surface area contributed by atoms with Crippen LogP contribution >= 0.6 is 0 Å². The van der Waals surface area contributed by atoms with Crippen molar-refractivity contribution < 1.29 is 24.5 Å². The lowest BCUT2D eigenvalue weighted by Gasteiger charge is -2.16. The van der Waals surface area contributed by atoms with Crippen molar-refractivity contribution in [2.24, 2.45) is 5.92 Å². The van der Waals surface area contributed by atoms with Crippen LogP contribution in [0.25, 0.3) is 0 Å². The van der Waals surface area contributed by atoms with E-state index in [-0.39, 0.29) is 24.0 Å². The van der Waals surface area contributed by atoms with Gasteiger partial charge < -0.3 is 19.8 Å². The lowest BCUT2D eigenvalue weighted by Crippen LogP contribution is -2.28. The summed E-state index contributed by atoms with van der Waals surface area (Å²) in [6.07, 6.45) is 0.776. The summed E-state index contributed by atoms with van der Waals surface area (Å²) in [5, 5.41) is 18.4. The zero-order valence-electron chi connectivity index (χ0n) is 11.2. The molecule has 6 nitrogen and oxygen atoms in total. The number of hydrogen-bond donors (Lipinski definition) is 2. The molecule has 1 saturated heterocycles. The Labute approximate surface area is 116 Å². The van der Waals surface area contributed by atoms with Crippen molar-refractivity contribution in [2.75, 3.05) is 20.2 Å². The predicted molar refractivity (Wildman–Crippen MR) is 70.9 cm³/mol. The van der Waals surface area contributed by atoms with E-state index in [2.05, 4.69) is 0 Å². The number of nitrogens with zero attached hydrogens (tertiary/aromatic N) is 1. The third-order valence-corrected chi connectivity index (χ3v) is 3.46. The molecule has 0 spiro atoms. The molecule has 0 aromatic heterocycles. The summed E-state index contributed by atoms with van der Waals surface area (Å²) in [5.41, 5.74) is 0.374. The third kappa shape index (κ3) is 3.01. The zero-order valence-corrected chi connectivity index (χ0v) is 11.2. The van der Waals surface area contributed by atoms with Crippen LogP contribution < -0.4 is 4.74 Å². The molecule has 1 aromatic rings. The molecule has 20 heavy (non-hydrogen) atoms. The predicted octanol–water partition coefficient (Wildman–Crippen LogP) is 1.34. The maximum Gasteiger partial charge on any atom is 0.303 e. The van der Waals surface area contributed by atoms with E-state index in [9.17, 15) is 14.7 Å². The Hall–Kier alpha value is -2.24. The molecule has 108 valence electrons. The van der Waals surface area contributed by atoms with Gasteiger partial charge in [-0.1, -0.05) is 0 Å². The van der Waals surface area contributed by atoms with E-state index >= 15 is 0 Å². The van der Waals surface area contributed by atoms with Crippen LogP contribution in [0.3, 0.4) is 0 Å². The second-order valence-electron chi connectivity index (χ2n) is 4.89. The first-order valence-electron chi connectivity index (χ1n) is 6.39. The molecular formula is C14H17NO5. The van der Waals surface area contributed by atoms with E-state index in [4.69, 9.17) is 9.84 Å². The fraction of sp³-hybridized carbons (Fsp3) is 0.429. The first kappa shape index (κ1) is 14.2. The number of amides is 1. The summed E-state index contributed by atoms with van der Waals surface area (Å²) in [4.78, 5) is 24.5. The number of hydrogen-bond acceptors (Lipinski definition) is 4. The molecule has 1 fully saturated rings. The SMILES string of the molecule is COc1ccc(C(=O)N2CCC(CC(=O)O)C2)cc1O. The lowest BCUT2D eigenvalue weighted by atomic mass is 10.1. The Kier molecular flexibility index (Phi) is 4.12.